The van der Waals surface area contributed by atoms with Crippen molar-refractivity contribution < 1.29 is 9.53 Å². The summed E-state index contributed by atoms with van der Waals surface area (Å²) < 4.78 is 5.47. The summed E-state index contributed by atoms with van der Waals surface area (Å²) in [6.45, 7) is 0. The van der Waals surface area contributed by atoms with Crippen molar-refractivity contribution in [2.24, 2.45) is 23.5 Å². The highest BCUT2D eigenvalue weighted by Crippen LogP contribution is 2.48. The van der Waals surface area contributed by atoms with Crippen LogP contribution in [-0.2, 0) is 9.53 Å². The normalized spacial score (nSPS) is 44.1. The molecule has 0 radical (unpaired) electrons. The molecule has 4 atom stereocenters. The van der Waals surface area contributed by atoms with Gasteiger partial charge in [-0.15, -0.1) is 0 Å². The number of carbonyl (C=O) groups excluding carboxylic acids is 1. The van der Waals surface area contributed by atoms with E-state index >= 15 is 0 Å². The van der Waals surface area contributed by atoms with Crippen molar-refractivity contribution in [3.63, 3.8) is 0 Å². The Hall–Kier alpha value is -0.570. The van der Waals surface area contributed by atoms with Crippen LogP contribution < -0.4 is 5.73 Å². The first kappa shape index (κ1) is 9.64. The third kappa shape index (κ3) is 1.48. The van der Waals surface area contributed by atoms with Crippen molar-refractivity contribution in [3.05, 3.63) is 0 Å². The first-order valence-electron chi connectivity index (χ1n) is 6.22. The fraction of sp³-hybridized carbons (Fsp3) is 0.917. The molecule has 3 aliphatic rings. The molecule has 3 fully saturated rings. The van der Waals surface area contributed by atoms with Gasteiger partial charge in [-0.2, -0.15) is 0 Å². The van der Waals surface area contributed by atoms with Crippen LogP contribution in [0.2, 0.25) is 0 Å². The third-order valence-corrected chi connectivity index (χ3v) is 4.59. The van der Waals surface area contributed by atoms with E-state index < -0.39 is 0 Å². The van der Waals surface area contributed by atoms with E-state index in [4.69, 9.17) is 10.5 Å². The van der Waals surface area contributed by atoms with Gasteiger partial charge in [-0.05, 0) is 50.4 Å². The van der Waals surface area contributed by atoms with Crippen molar-refractivity contribution in [2.75, 3.05) is 0 Å². The molecular weight excluding hydrogens is 190 g/mol. The van der Waals surface area contributed by atoms with E-state index in [1.54, 1.807) is 0 Å². The molecule has 3 nitrogen and oxygen atoms in total. The number of hydrogen-bond acceptors (Lipinski definition) is 3. The summed E-state index contributed by atoms with van der Waals surface area (Å²) in [6.07, 6.45) is 7.10. The minimum atomic E-state index is -0.000556. The molecular formula is C12H19NO2. The molecule has 0 aliphatic heterocycles. The van der Waals surface area contributed by atoms with Crippen LogP contribution in [0.5, 0.6) is 0 Å². The van der Waals surface area contributed by atoms with Crippen LogP contribution in [0.1, 0.15) is 38.5 Å². The first-order valence-corrected chi connectivity index (χ1v) is 6.22. The average Bonchev–Trinajstić information content (AvgIpc) is 2.70. The molecule has 4 unspecified atom stereocenters. The molecule has 84 valence electrons. The van der Waals surface area contributed by atoms with Gasteiger partial charge in [0.1, 0.15) is 6.10 Å². The maximum absolute atomic E-state index is 11.9. The molecule has 0 aromatic rings. The highest BCUT2D eigenvalue weighted by molar-refractivity contribution is 5.74. The Balaban J connectivity index is 1.63. The molecule has 0 aromatic heterocycles. The molecule has 15 heavy (non-hydrogen) atoms. The lowest BCUT2D eigenvalue weighted by Crippen LogP contribution is -2.42. The summed E-state index contributed by atoms with van der Waals surface area (Å²) in [5.74, 6) is 1.13. The second-order valence-electron chi connectivity index (χ2n) is 5.43. The Kier molecular flexibility index (Phi) is 2.23. The summed E-state index contributed by atoms with van der Waals surface area (Å²) in [4.78, 5) is 11.9. The van der Waals surface area contributed by atoms with Gasteiger partial charge in [0.15, 0.2) is 0 Å². The highest BCUT2D eigenvalue weighted by Gasteiger charge is 2.50. The fourth-order valence-corrected chi connectivity index (χ4v) is 3.42. The minimum absolute atomic E-state index is 0.000556. The van der Waals surface area contributed by atoms with E-state index in [9.17, 15) is 4.79 Å². The summed E-state index contributed by atoms with van der Waals surface area (Å²) in [6, 6.07) is 0.0799. The van der Waals surface area contributed by atoms with Gasteiger partial charge in [0, 0.05) is 6.04 Å². The average molecular weight is 209 g/mol. The van der Waals surface area contributed by atoms with Gasteiger partial charge in [0.25, 0.3) is 0 Å². The summed E-state index contributed by atoms with van der Waals surface area (Å²) in [5, 5.41) is 0. The molecule has 3 rings (SSSR count). The lowest BCUT2D eigenvalue weighted by Gasteiger charge is -2.31. The third-order valence-electron chi connectivity index (χ3n) is 4.59. The van der Waals surface area contributed by atoms with E-state index in [1.807, 2.05) is 0 Å². The van der Waals surface area contributed by atoms with Crippen LogP contribution in [0.3, 0.4) is 0 Å². The van der Waals surface area contributed by atoms with E-state index in [0.29, 0.717) is 11.8 Å². The van der Waals surface area contributed by atoms with Crippen molar-refractivity contribution in [1.82, 2.24) is 0 Å². The molecule has 0 amide bonds. The maximum atomic E-state index is 11.9. The first-order chi connectivity index (χ1) is 7.25. The Bertz CT molecular complexity index is 273. The van der Waals surface area contributed by atoms with Gasteiger partial charge in [0.05, 0.1) is 5.92 Å². The van der Waals surface area contributed by atoms with Gasteiger partial charge in [-0.25, -0.2) is 0 Å². The van der Waals surface area contributed by atoms with E-state index in [0.717, 1.165) is 19.3 Å². The highest BCUT2D eigenvalue weighted by atomic mass is 16.5. The Morgan fingerprint density at radius 3 is 2.40 bits per heavy atom. The Morgan fingerprint density at radius 2 is 1.87 bits per heavy atom. The van der Waals surface area contributed by atoms with Crippen LogP contribution in [-0.4, -0.2) is 18.1 Å². The van der Waals surface area contributed by atoms with Crippen molar-refractivity contribution in [2.45, 2.75) is 50.7 Å². The predicted molar refractivity (Wildman–Crippen MR) is 56.0 cm³/mol. The summed E-state index contributed by atoms with van der Waals surface area (Å²) in [7, 11) is 0. The second-order valence-corrected chi connectivity index (χ2v) is 5.43. The molecule has 3 aliphatic carbocycles. The molecule has 3 saturated carbocycles. The molecule has 0 saturated heterocycles. The molecule has 0 spiro atoms. The second kappa shape index (κ2) is 3.48. The smallest absolute Gasteiger partial charge is 0.311 e. The van der Waals surface area contributed by atoms with Crippen LogP contribution >= 0.6 is 0 Å². The number of carbonyl (C=O) groups is 1. The van der Waals surface area contributed by atoms with Crippen LogP contribution in [0.25, 0.3) is 0 Å². The topological polar surface area (TPSA) is 52.3 Å². The number of ether oxygens (including phenoxy) is 1. The lowest BCUT2D eigenvalue weighted by molar-refractivity contribution is -0.160. The number of hydrogen-bond donors (Lipinski definition) is 1. The molecule has 0 aromatic carbocycles. The quantitative estimate of drug-likeness (QED) is 0.700. The standard InChI is InChI=1S/C12H19NO2/c13-11-8-5-4-7(6-8)10(11)12(14)15-9-2-1-3-9/h7-11H,1-6,13H2. The monoisotopic (exact) mass is 209 g/mol. The van der Waals surface area contributed by atoms with Gasteiger partial charge in [0.2, 0.25) is 0 Å². The number of nitrogens with two attached hydrogens (primary N) is 1. The zero-order chi connectivity index (χ0) is 10.4. The minimum Gasteiger partial charge on any atom is -0.462 e. The fourth-order valence-electron chi connectivity index (χ4n) is 3.42. The number of esters is 1. The molecule has 2 bridgehead atoms. The Morgan fingerprint density at radius 1 is 1.13 bits per heavy atom. The zero-order valence-electron chi connectivity index (χ0n) is 9.02. The summed E-state index contributed by atoms with van der Waals surface area (Å²) >= 11 is 0. The van der Waals surface area contributed by atoms with Crippen molar-refractivity contribution >= 4 is 5.97 Å². The van der Waals surface area contributed by atoms with Gasteiger partial charge >= 0.3 is 5.97 Å². The summed E-state index contributed by atoms with van der Waals surface area (Å²) in [5.41, 5.74) is 6.10. The Labute approximate surface area is 90.4 Å². The van der Waals surface area contributed by atoms with Crippen LogP contribution in [0, 0.1) is 17.8 Å². The maximum Gasteiger partial charge on any atom is 0.311 e. The lowest BCUT2D eigenvalue weighted by atomic mass is 9.85. The van der Waals surface area contributed by atoms with Gasteiger partial charge in [-0.3, -0.25) is 4.79 Å². The van der Waals surface area contributed by atoms with E-state index in [2.05, 4.69) is 0 Å². The zero-order valence-corrected chi connectivity index (χ0v) is 9.02. The predicted octanol–water partition coefficient (Wildman–Crippen LogP) is 1.46. The molecule has 3 heteroatoms. The van der Waals surface area contributed by atoms with Crippen LogP contribution in [0.15, 0.2) is 0 Å². The largest absolute Gasteiger partial charge is 0.462 e. The van der Waals surface area contributed by atoms with E-state index in [1.165, 1.54) is 19.3 Å². The molecule has 2 N–H and O–H groups in total. The van der Waals surface area contributed by atoms with Crippen molar-refractivity contribution in [3.8, 4) is 0 Å². The molecule has 0 heterocycles. The SMILES string of the molecule is NC1C2CCC(C2)C1C(=O)OC1CCC1. The van der Waals surface area contributed by atoms with Gasteiger partial charge in [-0.1, -0.05) is 0 Å². The number of rotatable bonds is 2. The van der Waals surface area contributed by atoms with Gasteiger partial charge < -0.3 is 10.5 Å². The van der Waals surface area contributed by atoms with Crippen LogP contribution in [0.4, 0.5) is 0 Å². The van der Waals surface area contributed by atoms with E-state index in [-0.39, 0.29) is 24.0 Å². The van der Waals surface area contributed by atoms with Crippen molar-refractivity contribution in [1.29, 1.82) is 0 Å². The number of fused-ring (bicyclic) bond motifs is 2.